The van der Waals surface area contributed by atoms with Gasteiger partial charge in [0.2, 0.25) is 0 Å². The van der Waals surface area contributed by atoms with Crippen LogP contribution in [0.1, 0.15) is 5.69 Å². The van der Waals surface area contributed by atoms with Crippen molar-refractivity contribution in [3.63, 3.8) is 0 Å². The minimum Gasteiger partial charge on any atom is -0.477 e. The molecule has 1 unspecified atom stereocenters. The Bertz CT molecular complexity index is 1410. The first kappa shape index (κ1) is 22.9. The number of carboxylic acid groups (broad SMARTS) is 1. The first-order valence-corrected chi connectivity index (χ1v) is 12.3. The number of aliphatic carboxylic acids is 1. The van der Waals surface area contributed by atoms with Gasteiger partial charge in [-0.25, -0.2) is 4.79 Å². The second-order valence-corrected chi connectivity index (χ2v) is 9.76. The number of hydrogen-bond donors (Lipinski definition) is 4. The molecule has 5 rings (SSSR count). The summed E-state index contributed by atoms with van der Waals surface area (Å²) in [5.74, 6) is -1.82. The van der Waals surface area contributed by atoms with Crippen molar-refractivity contribution in [3.8, 4) is 0 Å². The Labute approximate surface area is 206 Å². The Hall–Kier alpha value is -3.91. The van der Waals surface area contributed by atoms with Gasteiger partial charge in [0.25, 0.3) is 16.6 Å². The third kappa shape index (κ3) is 4.00. The van der Waals surface area contributed by atoms with Crippen LogP contribution >= 0.6 is 23.1 Å². The number of amides is 2. The second-order valence-electron chi connectivity index (χ2n) is 7.76. The van der Waals surface area contributed by atoms with Gasteiger partial charge in [0.05, 0.1) is 11.1 Å². The highest BCUT2D eigenvalue weighted by atomic mass is 32.2. The highest BCUT2D eigenvalue weighted by molar-refractivity contribution is 8.00. The molecule has 0 bridgehead atoms. The van der Waals surface area contributed by atoms with E-state index in [2.05, 4.69) is 20.7 Å². The fourth-order valence-electron chi connectivity index (χ4n) is 4.10. The van der Waals surface area contributed by atoms with Crippen LogP contribution < -0.4 is 15.6 Å². The number of nitrogens with zero attached hydrogens (tertiary/aromatic N) is 4. The van der Waals surface area contributed by atoms with E-state index in [1.165, 1.54) is 29.8 Å². The largest absolute Gasteiger partial charge is 0.477 e. The summed E-state index contributed by atoms with van der Waals surface area (Å²) in [6, 6.07) is 6.39. The molecule has 0 radical (unpaired) electrons. The van der Waals surface area contributed by atoms with Gasteiger partial charge in [-0.1, -0.05) is 16.5 Å². The average Bonchev–Trinajstić information content (AvgIpc) is 3.49. The molecule has 5 N–H and O–H groups in total. The zero-order chi connectivity index (χ0) is 24.7. The number of carbonyl (C=O) groups is 3. The summed E-state index contributed by atoms with van der Waals surface area (Å²) >= 11 is 2.96. The zero-order valence-electron chi connectivity index (χ0n) is 18.3. The van der Waals surface area contributed by atoms with E-state index in [1.807, 2.05) is 34.3 Å². The Balaban J connectivity index is 1.38. The highest BCUT2D eigenvalue weighted by Gasteiger charge is 2.54. The van der Waals surface area contributed by atoms with Crippen molar-refractivity contribution in [1.29, 1.82) is 0 Å². The molecule has 0 spiro atoms. The molecular formula is C21H20N7O5S2+. The molecule has 5 heterocycles. The first-order chi connectivity index (χ1) is 16.9. The van der Waals surface area contributed by atoms with E-state index in [9.17, 15) is 19.5 Å². The van der Waals surface area contributed by atoms with Gasteiger partial charge in [0, 0.05) is 23.5 Å². The number of thiophene rings is 1. The molecular weight excluding hydrogens is 494 g/mol. The number of hydrogen-bond acceptors (Lipinski definition) is 9. The normalized spacial score (nSPS) is 20.0. The summed E-state index contributed by atoms with van der Waals surface area (Å²) in [6.07, 6.45) is 1.89. The van der Waals surface area contributed by atoms with Crippen LogP contribution in [-0.4, -0.2) is 68.0 Å². The molecule has 2 aliphatic heterocycles. The Morgan fingerprint density at radius 2 is 2.29 bits per heavy atom. The van der Waals surface area contributed by atoms with Crippen LogP contribution in [0.4, 0.5) is 5.82 Å². The fraction of sp³-hybridized carbons (Fsp3) is 0.238. The van der Waals surface area contributed by atoms with Gasteiger partial charge in [0.1, 0.15) is 30.0 Å². The van der Waals surface area contributed by atoms with Crippen molar-refractivity contribution in [3.05, 3.63) is 52.8 Å². The number of thioether (sulfide) groups is 1. The van der Waals surface area contributed by atoms with E-state index in [1.54, 1.807) is 11.3 Å². The number of aromatic nitrogens is 3. The molecule has 35 heavy (non-hydrogen) atoms. The van der Waals surface area contributed by atoms with Crippen molar-refractivity contribution in [2.45, 2.75) is 18.0 Å². The lowest BCUT2D eigenvalue weighted by molar-refractivity contribution is -0.661. The summed E-state index contributed by atoms with van der Waals surface area (Å²) < 4.78 is 1.98. The highest BCUT2D eigenvalue weighted by Crippen LogP contribution is 2.40. The standard InChI is InChI=1S/C21H19N7O5S2/c1-33-26-14(12-7-13(22)25-24-12)17(29)23-15-18(30)28-16(21(31)32)11(9-35-20(15)28)8-27-5-2-3-10-4-6-34-19(10)27/h2-7,15,20H,8-9H2,1H3,(H4-,22,23,24,25,26,29,31,32)/p+1/t15?,20-/m1/s1. The number of oxime groups is 1. The van der Waals surface area contributed by atoms with E-state index in [-0.39, 0.29) is 22.9 Å². The molecule has 0 aliphatic carbocycles. The zero-order valence-corrected chi connectivity index (χ0v) is 19.9. The number of aromatic amines is 1. The number of anilines is 1. The number of H-pyrrole nitrogens is 1. The number of pyridine rings is 1. The number of carboxylic acids is 1. The van der Waals surface area contributed by atoms with Crippen LogP contribution in [0, 0.1) is 0 Å². The topological polar surface area (TPSA) is 167 Å². The third-order valence-corrected chi connectivity index (χ3v) is 7.93. The molecule has 12 nitrogen and oxygen atoms in total. The van der Waals surface area contributed by atoms with Crippen molar-refractivity contribution in [1.82, 2.24) is 20.4 Å². The van der Waals surface area contributed by atoms with E-state index in [0.717, 1.165) is 10.2 Å². The van der Waals surface area contributed by atoms with Gasteiger partial charge in [-0.3, -0.25) is 19.6 Å². The maximum absolute atomic E-state index is 13.0. The van der Waals surface area contributed by atoms with Crippen LogP contribution in [0.3, 0.4) is 0 Å². The molecule has 2 amide bonds. The van der Waals surface area contributed by atoms with Crippen molar-refractivity contribution in [2.24, 2.45) is 5.16 Å². The molecule has 0 saturated carbocycles. The number of nitrogen functional groups attached to an aromatic ring is 1. The van der Waals surface area contributed by atoms with Gasteiger partial charge in [-0.15, -0.1) is 11.8 Å². The number of fused-ring (bicyclic) bond motifs is 2. The Morgan fingerprint density at radius 1 is 1.46 bits per heavy atom. The Morgan fingerprint density at radius 3 is 3.00 bits per heavy atom. The first-order valence-electron chi connectivity index (χ1n) is 10.4. The summed E-state index contributed by atoms with van der Waals surface area (Å²) in [5.41, 5.74) is 6.26. The van der Waals surface area contributed by atoms with Crippen LogP contribution in [0.25, 0.3) is 10.2 Å². The van der Waals surface area contributed by atoms with Crippen molar-refractivity contribution >= 4 is 62.6 Å². The van der Waals surface area contributed by atoms with E-state index in [4.69, 9.17) is 10.6 Å². The summed E-state index contributed by atoms with van der Waals surface area (Å²) in [7, 11) is 1.28. The molecule has 3 aromatic rings. The van der Waals surface area contributed by atoms with Crippen molar-refractivity contribution < 1.29 is 28.9 Å². The fourth-order valence-corrected chi connectivity index (χ4v) is 6.31. The lowest BCUT2D eigenvalue weighted by Gasteiger charge is -2.49. The molecule has 180 valence electrons. The molecule has 2 atom stereocenters. The number of carbonyl (C=O) groups excluding carboxylic acids is 2. The average molecular weight is 515 g/mol. The summed E-state index contributed by atoms with van der Waals surface area (Å²) in [6.45, 7) is 0.339. The predicted octanol–water partition coefficient (Wildman–Crippen LogP) is 0.283. The maximum Gasteiger partial charge on any atom is 0.352 e. The van der Waals surface area contributed by atoms with Gasteiger partial charge in [-0.05, 0) is 17.5 Å². The summed E-state index contributed by atoms with van der Waals surface area (Å²) in [5, 5.41) is 25.1. The van der Waals surface area contributed by atoms with E-state index in [0.29, 0.717) is 17.9 Å². The van der Waals surface area contributed by atoms with Crippen LogP contribution in [0.2, 0.25) is 0 Å². The van der Waals surface area contributed by atoms with Crippen LogP contribution in [0.15, 0.2) is 52.3 Å². The monoisotopic (exact) mass is 514 g/mol. The van der Waals surface area contributed by atoms with Gasteiger partial charge < -0.3 is 21.0 Å². The lowest BCUT2D eigenvalue weighted by Crippen LogP contribution is -2.71. The quantitative estimate of drug-likeness (QED) is 0.151. The third-order valence-electron chi connectivity index (χ3n) is 5.62. The predicted molar refractivity (Wildman–Crippen MR) is 128 cm³/mol. The molecule has 3 aromatic heterocycles. The molecule has 1 fully saturated rings. The van der Waals surface area contributed by atoms with Gasteiger partial charge in [-0.2, -0.15) is 9.67 Å². The minimum atomic E-state index is -1.18. The minimum absolute atomic E-state index is 0.0440. The second kappa shape index (κ2) is 9.03. The number of nitrogens with two attached hydrogens (primary N) is 1. The lowest BCUT2D eigenvalue weighted by atomic mass is 10.0. The summed E-state index contributed by atoms with van der Waals surface area (Å²) in [4.78, 5) is 45.1. The molecule has 2 aliphatic rings. The molecule has 0 aromatic carbocycles. The van der Waals surface area contributed by atoms with Crippen molar-refractivity contribution in [2.75, 3.05) is 18.6 Å². The Kier molecular flexibility index (Phi) is 5.90. The number of β-lactam (4-membered cyclic amide) rings is 1. The maximum atomic E-state index is 13.0. The van der Waals surface area contributed by atoms with E-state index >= 15 is 0 Å². The van der Waals surface area contributed by atoms with E-state index < -0.39 is 29.2 Å². The van der Waals surface area contributed by atoms with Crippen LogP contribution in [0.5, 0.6) is 0 Å². The SMILES string of the molecule is CO/N=C(\C(=O)NC1C(=O)N2C(C(=O)O)=C(C[n+]3cccc4ccsc43)CS[C@H]12)c1cc(N)n[nH]1. The van der Waals surface area contributed by atoms with Crippen LogP contribution in [-0.2, 0) is 25.8 Å². The number of rotatable bonds is 7. The molecule has 1 saturated heterocycles. The van der Waals surface area contributed by atoms with Gasteiger partial charge in [0.15, 0.2) is 18.5 Å². The van der Waals surface area contributed by atoms with Gasteiger partial charge >= 0.3 is 5.97 Å². The molecule has 14 heteroatoms. The number of nitrogens with one attached hydrogen (secondary N) is 2. The smallest absolute Gasteiger partial charge is 0.352 e.